The zero-order valence-corrected chi connectivity index (χ0v) is 21.4. The first-order chi connectivity index (χ1) is 18.9. The zero-order chi connectivity index (χ0) is 28.4. The molecule has 2 aromatic heterocycles. The van der Waals surface area contributed by atoms with Crippen LogP contribution in [0.25, 0.3) is 21.5 Å². The summed E-state index contributed by atoms with van der Waals surface area (Å²) in [5.74, 6) is -2.59. The topological polar surface area (TPSA) is 110 Å². The minimum atomic E-state index is -4.90. The van der Waals surface area contributed by atoms with Gasteiger partial charge in [0.25, 0.3) is 5.91 Å². The van der Waals surface area contributed by atoms with Gasteiger partial charge in [-0.15, -0.1) is 11.3 Å². The standard InChI is InChI=1S/C27H21F5N4O3S/c28-16-5-1-13(2-6-16)21-23-17(26(33,11-39-23)27(30,31)32)9-20(36-21)25(38,15-3-4-15)10-34-24(37)14-7-18(29)22-19(8-14)40-12-35-22/h1-2,5-9,12,15,38H,3-4,10-11,33H2,(H,34,37)/t25?,26-/m0/s1. The maximum Gasteiger partial charge on any atom is 0.414 e. The number of benzene rings is 2. The Hall–Kier alpha value is -3.68. The molecule has 0 bridgehead atoms. The molecule has 2 aliphatic rings. The van der Waals surface area contributed by atoms with Gasteiger partial charge in [-0.2, -0.15) is 13.2 Å². The van der Waals surface area contributed by atoms with Gasteiger partial charge in [-0.25, -0.2) is 18.7 Å². The van der Waals surface area contributed by atoms with Crippen molar-refractivity contribution in [2.75, 3.05) is 13.2 Å². The Labute approximate surface area is 227 Å². The van der Waals surface area contributed by atoms with Crippen LogP contribution in [0.4, 0.5) is 22.0 Å². The van der Waals surface area contributed by atoms with Crippen LogP contribution in [0.2, 0.25) is 0 Å². The van der Waals surface area contributed by atoms with Gasteiger partial charge in [-0.3, -0.25) is 4.79 Å². The number of rotatable bonds is 6. The van der Waals surface area contributed by atoms with Crippen LogP contribution in [-0.4, -0.2) is 40.3 Å². The fourth-order valence-electron chi connectivity index (χ4n) is 4.91. The molecule has 13 heteroatoms. The van der Waals surface area contributed by atoms with Crippen LogP contribution in [0.3, 0.4) is 0 Å². The van der Waals surface area contributed by atoms with Crippen molar-refractivity contribution in [2.45, 2.75) is 30.2 Å². The predicted molar refractivity (Wildman–Crippen MR) is 136 cm³/mol. The summed E-state index contributed by atoms with van der Waals surface area (Å²) in [6.07, 6.45) is -3.84. The lowest BCUT2D eigenvalue weighted by atomic mass is 9.86. The summed E-state index contributed by atoms with van der Waals surface area (Å²) < 4.78 is 76.3. The molecule has 1 saturated carbocycles. The highest BCUT2D eigenvalue weighted by atomic mass is 32.1. The largest absolute Gasteiger partial charge is 0.488 e. The second kappa shape index (κ2) is 9.18. The van der Waals surface area contributed by atoms with Crippen LogP contribution in [0, 0.1) is 17.6 Å². The second-order valence-electron chi connectivity index (χ2n) is 10.0. The number of amides is 1. The minimum Gasteiger partial charge on any atom is -0.488 e. The van der Waals surface area contributed by atoms with E-state index >= 15 is 0 Å². The lowest BCUT2D eigenvalue weighted by Gasteiger charge is -2.31. The molecular formula is C27H21F5N4O3S. The van der Waals surface area contributed by atoms with Gasteiger partial charge < -0.3 is 20.9 Å². The highest BCUT2D eigenvalue weighted by Gasteiger charge is 2.59. The Morgan fingerprint density at radius 2 is 1.90 bits per heavy atom. The molecule has 7 nitrogen and oxygen atoms in total. The molecule has 2 aromatic carbocycles. The van der Waals surface area contributed by atoms with Crippen LogP contribution in [0.15, 0.2) is 48.0 Å². The number of ether oxygens (including phenoxy) is 1. The number of nitrogens with zero attached hydrogens (tertiary/aromatic N) is 2. The van der Waals surface area contributed by atoms with Gasteiger partial charge in [0.2, 0.25) is 0 Å². The van der Waals surface area contributed by atoms with E-state index in [4.69, 9.17) is 10.5 Å². The summed E-state index contributed by atoms with van der Waals surface area (Å²) in [6.45, 7) is -1.33. The monoisotopic (exact) mass is 576 g/mol. The van der Waals surface area contributed by atoms with Crippen LogP contribution in [-0.2, 0) is 11.1 Å². The van der Waals surface area contributed by atoms with Crippen LogP contribution >= 0.6 is 11.3 Å². The molecule has 1 aliphatic heterocycles. The van der Waals surface area contributed by atoms with Gasteiger partial charge in [-0.1, -0.05) is 0 Å². The number of carbonyl (C=O) groups excluding carboxylic acids is 1. The summed E-state index contributed by atoms with van der Waals surface area (Å²) in [5, 5.41) is 14.4. The van der Waals surface area contributed by atoms with Gasteiger partial charge in [0.15, 0.2) is 17.1 Å². The van der Waals surface area contributed by atoms with Crippen molar-refractivity contribution < 1.29 is 36.6 Å². The average molecular weight is 577 g/mol. The summed E-state index contributed by atoms with van der Waals surface area (Å²) in [4.78, 5) is 21.4. The molecule has 1 fully saturated rings. The first-order valence-electron chi connectivity index (χ1n) is 12.2. The molecule has 1 unspecified atom stereocenters. The van der Waals surface area contributed by atoms with E-state index in [1.165, 1.54) is 23.7 Å². The Bertz CT molecular complexity index is 1640. The molecule has 4 aromatic rings. The van der Waals surface area contributed by atoms with Crippen LogP contribution in [0.5, 0.6) is 5.75 Å². The maximum absolute atomic E-state index is 14.4. The first kappa shape index (κ1) is 26.5. The third-order valence-corrected chi connectivity index (χ3v) is 8.16. The molecule has 4 N–H and O–H groups in total. The molecule has 2 atom stereocenters. The number of fused-ring (bicyclic) bond motifs is 2. The SMILES string of the molecule is N[C@@]1(C(F)(F)F)COc2c1cc(C(O)(CNC(=O)c1cc(F)c3ncsc3c1)C1CC1)nc2-c1ccc(F)cc1. The number of halogens is 5. The number of aromatic nitrogens is 2. The zero-order valence-electron chi connectivity index (χ0n) is 20.6. The van der Waals surface area contributed by atoms with E-state index in [9.17, 15) is 31.9 Å². The van der Waals surface area contributed by atoms with Gasteiger partial charge in [0.05, 0.1) is 22.4 Å². The summed E-state index contributed by atoms with van der Waals surface area (Å²) in [6, 6.07) is 8.46. The molecular weight excluding hydrogens is 555 g/mol. The quantitative estimate of drug-likeness (QED) is 0.285. The van der Waals surface area contributed by atoms with Crippen molar-refractivity contribution >= 4 is 27.5 Å². The fourth-order valence-corrected chi connectivity index (χ4v) is 5.64. The third kappa shape index (κ3) is 4.28. The van der Waals surface area contributed by atoms with E-state index in [-0.39, 0.29) is 33.8 Å². The average Bonchev–Trinajstić information content (AvgIpc) is 3.57. The van der Waals surface area contributed by atoms with E-state index in [1.807, 2.05) is 0 Å². The number of pyridine rings is 1. The van der Waals surface area contributed by atoms with Gasteiger partial charge in [-0.05, 0) is 61.2 Å². The van der Waals surface area contributed by atoms with E-state index in [2.05, 4.69) is 15.3 Å². The lowest BCUT2D eigenvalue weighted by Crippen LogP contribution is -2.52. The number of alkyl halides is 3. The number of nitrogens with two attached hydrogens (primary N) is 1. The number of thiazole rings is 1. The van der Waals surface area contributed by atoms with E-state index in [1.54, 1.807) is 0 Å². The lowest BCUT2D eigenvalue weighted by molar-refractivity contribution is -0.191. The van der Waals surface area contributed by atoms with Gasteiger partial charge >= 0.3 is 6.18 Å². The number of carbonyl (C=O) groups is 1. The Kier molecular flexibility index (Phi) is 6.09. The molecule has 3 heterocycles. The van der Waals surface area contributed by atoms with Gasteiger partial charge in [0.1, 0.15) is 29.2 Å². The van der Waals surface area contributed by atoms with Crippen molar-refractivity contribution in [3.63, 3.8) is 0 Å². The van der Waals surface area contributed by atoms with E-state index < -0.39 is 59.5 Å². The molecule has 6 rings (SSSR count). The smallest absolute Gasteiger partial charge is 0.414 e. The van der Waals surface area contributed by atoms with Crippen LogP contribution in [0.1, 0.15) is 34.5 Å². The molecule has 208 valence electrons. The highest BCUT2D eigenvalue weighted by Crippen LogP contribution is 2.52. The minimum absolute atomic E-state index is 0.00671. The molecule has 40 heavy (non-hydrogen) atoms. The molecule has 0 radical (unpaired) electrons. The van der Waals surface area contributed by atoms with Crippen molar-refractivity contribution in [1.82, 2.24) is 15.3 Å². The number of aliphatic hydroxyl groups is 1. The number of hydrogen-bond acceptors (Lipinski definition) is 7. The highest BCUT2D eigenvalue weighted by molar-refractivity contribution is 7.16. The van der Waals surface area contributed by atoms with E-state index in [0.29, 0.717) is 17.5 Å². The van der Waals surface area contributed by atoms with E-state index in [0.717, 1.165) is 35.6 Å². The summed E-state index contributed by atoms with van der Waals surface area (Å²) in [5.41, 5.74) is 2.27. The summed E-state index contributed by atoms with van der Waals surface area (Å²) >= 11 is 1.15. The molecule has 0 spiro atoms. The molecule has 0 saturated heterocycles. The Morgan fingerprint density at radius 3 is 2.58 bits per heavy atom. The Balaban J connectivity index is 1.41. The molecule has 1 amide bonds. The maximum atomic E-state index is 14.4. The number of hydrogen-bond donors (Lipinski definition) is 3. The normalized spacial score (nSPS) is 20.2. The van der Waals surface area contributed by atoms with Gasteiger partial charge in [0, 0.05) is 16.7 Å². The second-order valence-corrected chi connectivity index (χ2v) is 10.9. The third-order valence-electron chi connectivity index (χ3n) is 7.39. The summed E-state index contributed by atoms with van der Waals surface area (Å²) in [7, 11) is 0. The fraction of sp³-hybridized carbons (Fsp3) is 0.296. The van der Waals surface area contributed by atoms with Crippen molar-refractivity contribution in [2.24, 2.45) is 11.7 Å². The van der Waals surface area contributed by atoms with Crippen molar-refractivity contribution in [3.05, 3.63) is 76.4 Å². The van der Waals surface area contributed by atoms with Crippen molar-refractivity contribution in [3.8, 4) is 17.0 Å². The van der Waals surface area contributed by atoms with Crippen LogP contribution < -0.4 is 15.8 Å². The number of nitrogens with one attached hydrogen (secondary N) is 1. The van der Waals surface area contributed by atoms with Crippen molar-refractivity contribution in [1.29, 1.82) is 0 Å². The Morgan fingerprint density at radius 1 is 1.18 bits per heavy atom. The first-order valence-corrected chi connectivity index (χ1v) is 13.1. The molecule has 1 aliphatic carbocycles. The predicted octanol–water partition coefficient (Wildman–Crippen LogP) is 4.77.